The molecular formula is C19H14ClFN2O5. The van der Waals surface area contributed by atoms with Gasteiger partial charge in [0.15, 0.2) is 11.5 Å². The number of halogens is 2. The van der Waals surface area contributed by atoms with E-state index in [-0.39, 0.29) is 10.7 Å². The Balaban J connectivity index is 1.70. The van der Waals surface area contributed by atoms with Gasteiger partial charge in [-0.2, -0.15) is 0 Å². The second-order valence-electron chi connectivity index (χ2n) is 6.16. The normalized spacial score (nSPS) is 20.7. The van der Waals surface area contributed by atoms with E-state index in [9.17, 15) is 14.0 Å². The van der Waals surface area contributed by atoms with Gasteiger partial charge in [-0.25, -0.2) is 9.29 Å². The van der Waals surface area contributed by atoms with Gasteiger partial charge in [-0.05, 0) is 36.4 Å². The molecule has 7 nitrogen and oxygen atoms in total. The molecule has 0 unspecified atom stereocenters. The first kappa shape index (κ1) is 18.2. The number of fused-ring (bicyclic) bond motifs is 1. The van der Waals surface area contributed by atoms with E-state index in [4.69, 9.17) is 25.9 Å². The van der Waals surface area contributed by atoms with E-state index in [0.29, 0.717) is 22.8 Å². The van der Waals surface area contributed by atoms with Crippen molar-refractivity contribution in [1.29, 1.82) is 0 Å². The molecule has 4 rings (SSSR count). The Labute approximate surface area is 164 Å². The van der Waals surface area contributed by atoms with Gasteiger partial charge in [0.25, 0.3) is 5.91 Å². The van der Waals surface area contributed by atoms with Crippen molar-refractivity contribution in [1.82, 2.24) is 0 Å². The van der Waals surface area contributed by atoms with Gasteiger partial charge in [0.1, 0.15) is 17.4 Å². The van der Waals surface area contributed by atoms with E-state index >= 15 is 0 Å². The first-order valence-corrected chi connectivity index (χ1v) is 8.63. The Hall–Kier alpha value is -3.13. The number of ether oxygens (including phenoxy) is 2. The molecule has 2 heterocycles. The van der Waals surface area contributed by atoms with Gasteiger partial charge >= 0.3 is 0 Å². The zero-order valence-electron chi connectivity index (χ0n) is 14.8. The lowest BCUT2D eigenvalue weighted by Crippen LogP contribution is -2.33. The quantitative estimate of drug-likeness (QED) is 0.732. The molecule has 0 N–H and O–H groups in total. The summed E-state index contributed by atoms with van der Waals surface area (Å²) in [5, 5.41) is 3.76. The third-order valence-corrected chi connectivity index (χ3v) is 4.94. The van der Waals surface area contributed by atoms with Crippen LogP contribution in [0.15, 0.2) is 41.6 Å². The first-order chi connectivity index (χ1) is 13.5. The van der Waals surface area contributed by atoms with E-state index in [1.165, 1.54) is 26.4 Å². The number of anilines is 1. The molecule has 144 valence electrons. The minimum absolute atomic E-state index is 0.172. The Bertz CT molecular complexity index is 1030. The second-order valence-corrected chi connectivity index (χ2v) is 6.57. The summed E-state index contributed by atoms with van der Waals surface area (Å²) in [6.45, 7) is 0. The number of oxime groups is 1. The highest BCUT2D eigenvalue weighted by Crippen LogP contribution is 2.37. The second kappa shape index (κ2) is 6.79. The number of nitrogens with zero attached hydrogens (tertiary/aromatic N) is 2. The summed E-state index contributed by atoms with van der Waals surface area (Å²) in [4.78, 5) is 31.9. The van der Waals surface area contributed by atoms with Crippen molar-refractivity contribution in [3.8, 4) is 11.5 Å². The summed E-state index contributed by atoms with van der Waals surface area (Å²) in [5.74, 6) is -1.72. The van der Waals surface area contributed by atoms with Crippen LogP contribution in [-0.2, 0) is 14.4 Å². The number of carbonyl (C=O) groups is 2. The maximum absolute atomic E-state index is 13.4. The average molecular weight is 405 g/mol. The van der Waals surface area contributed by atoms with Gasteiger partial charge in [-0.15, -0.1) is 0 Å². The number of methoxy groups -OCH3 is 2. The number of hydrogen-bond donors (Lipinski definition) is 0. The van der Waals surface area contributed by atoms with Gasteiger partial charge in [-0.1, -0.05) is 16.8 Å². The molecule has 0 bridgehead atoms. The van der Waals surface area contributed by atoms with Crippen LogP contribution in [0.25, 0.3) is 0 Å². The van der Waals surface area contributed by atoms with E-state index in [1.54, 1.807) is 18.2 Å². The Morgan fingerprint density at radius 3 is 2.50 bits per heavy atom. The summed E-state index contributed by atoms with van der Waals surface area (Å²) in [5.41, 5.74) is 1.04. The molecular weight excluding hydrogens is 391 g/mol. The van der Waals surface area contributed by atoms with Crippen LogP contribution in [-0.4, -0.2) is 37.8 Å². The van der Waals surface area contributed by atoms with Crippen LogP contribution in [0.3, 0.4) is 0 Å². The molecule has 2 aliphatic rings. The van der Waals surface area contributed by atoms with Crippen LogP contribution in [0.2, 0.25) is 5.02 Å². The zero-order valence-corrected chi connectivity index (χ0v) is 15.6. The Kier molecular flexibility index (Phi) is 4.43. The fourth-order valence-electron chi connectivity index (χ4n) is 3.29. The maximum atomic E-state index is 13.4. The third kappa shape index (κ3) is 2.68. The molecule has 9 heteroatoms. The number of hydrogen-bond acceptors (Lipinski definition) is 6. The van der Waals surface area contributed by atoms with E-state index < -0.39 is 29.7 Å². The maximum Gasteiger partial charge on any atom is 0.278 e. The zero-order chi connectivity index (χ0) is 20.0. The van der Waals surface area contributed by atoms with E-state index in [2.05, 4.69) is 5.16 Å². The standard InChI is InChI=1S/C19H14ClFN2O5/c1-26-13-6-3-9(7-14(13)27-2)16-15-17(28-22-16)19(25)23(18(15)24)10-4-5-12(21)11(20)8-10/h3-8,15,17H,1-2H3/t15-,17+/m0/s1. The largest absolute Gasteiger partial charge is 0.493 e. The van der Waals surface area contributed by atoms with Crippen molar-refractivity contribution in [3.05, 3.63) is 52.8 Å². The van der Waals surface area contributed by atoms with E-state index in [1.807, 2.05) is 0 Å². The van der Waals surface area contributed by atoms with Crippen molar-refractivity contribution in [2.24, 2.45) is 11.1 Å². The average Bonchev–Trinajstić information content (AvgIpc) is 3.24. The number of benzene rings is 2. The number of amides is 2. The molecule has 0 aromatic heterocycles. The van der Waals surface area contributed by atoms with Crippen molar-refractivity contribution in [3.63, 3.8) is 0 Å². The molecule has 0 saturated carbocycles. The molecule has 2 amide bonds. The molecule has 2 atom stereocenters. The summed E-state index contributed by atoms with van der Waals surface area (Å²) >= 11 is 5.79. The highest BCUT2D eigenvalue weighted by Gasteiger charge is 2.56. The van der Waals surface area contributed by atoms with Gasteiger partial charge < -0.3 is 14.3 Å². The lowest BCUT2D eigenvalue weighted by atomic mass is 9.94. The van der Waals surface area contributed by atoms with Gasteiger partial charge in [0.2, 0.25) is 12.0 Å². The predicted molar refractivity (Wildman–Crippen MR) is 98.3 cm³/mol. The van der Waals surface area contributed by atoms with Crippen molar-refractivity contribution < 1.29 is 28.3 Å². The topological polar surface area (TPSA) is 77.4 Å². The minimum atomic E-state index is -1.08. The van der Waals surface area contributed by atoms with Gasteiger partial charge in [-0.3, -0.25) is 9.59 Å². The molecule has 2 aromatic rings. The lowest BCUT2D eigenvalue weighted by Gasteiger charge is -2.16. The lowest BCUT2D eigenvalue weighted by molar-refractivity contribution is -0.126. The van der Waals surface area contributed by atoms with Gasteiger partial charge in [0, 0.05) is 5.56 Å². The molecule has 28 heavy (non-hydrogen) atoms. The third-order valence-electron chi connectivity index (χ3n) is 4.65. The summed E-state index contributed by atoms with van der Waals surface area (Å²) < 4.78 is 23.9. The van der Waals surface area contributed by atoms with Crippen LogP contribution >= 0.6 is 11.6 Å². The minimum Gasteiger partial charge on any atom is -0.493 e. The Morgan fingerprint density at radius 1 is 1.07 bits per heavy atom. The molecule has 0 radical (unpaired) electrons. The molecule has 2 aliphatic heterocycles. The highest BCUT2D eigenvalue weighted by atomic mass is 35.5. The monoisotopic (exact) mass is 404 g/mol. The SMILES string of the molecule is COc1ccc(C2=NO[C@H]3C(=O)N(c4ccc(F)c(Cl)c4)C(=O)[C@@H]23)cc1OC. The smallest absolute Gasteiger partial charge is 0.278 e. The Morgan fingerprint density at radius 2 is 1.82 bits per heavy atom. The number of carbonyl (C=O) groups excluding carboxylic acids is 2. The molecule has 0 aliphatic carbocycles. The van der Waals surface area contributed by atoms with Crippen molar-refractivity contribution in [2.45, 2.75) is 6.10 Å². The predicted octanol–water partition coefficient (Wildman–Crippen LogP) is 2.79. The van der Waals surface area contributed by atoms with Crippen molar-refractivity contribution in [2.75, 3.05) is 19.1 Å². The van der Waals surface area contributed by atoms with Crippen LogP contribution in [0.5, 0.6) is 11.5 Å². The van der Waals surface area contributed by atoms with Crippen LogP contribution in [0.1, 0.15) is 5.56 Å². The summed E-state index contributed by atoms with van der Waals surface area (Å²) in [7, 11) is 3.00. The van der Waals surface area contributed by atoms with Crippen LogP contribution in [0.4, 0.5) is 10.1 Å². The fraction of sp³-hybridized carbons (Fsp3) is 0.211. The highest BCUT2D eigenvalue weighted by molar-refractivity contribution is 6.34. The van der Waals surface area contributed by atoms with Crippen LogP contribution < -0.4 is 14.4 Å². The van der Waals surface area contributed by atoms with Gasteiger partial charge in [0.05, 0.1) is 24.9 Å². The number of rotatable bonds is 4. The fourth-order valence-corrected chi connectivity index (χ4v) is 3.46. The summed E-state index contributed by atoms with van der Waals surface area (Å²) in [6.07, 6.45) is -1.08. The molecule has 1 saturated heterocycles. The van der Waals surface area contributed by atoms with Crippen molar-refractivity contribution >= 4 is 34.8 Å². The summed E-state index contributed by atoms with van der Waals surface area (Å²) in [6, 6.07) is 8.64. The van der Waals surface area contributed by atoms with E-state index in [0.717, 1.165) is 11.0 Å². The van der Waals surface area contributed by atoms with Crippen LogP contribution in [0, 0.1) is 11.7 Å². The molecule has 1 fully saturated rings. The molecule has 0 spiro atoms. The molecule has 2 aromatic carbocycles. The number of imide groups is 1. The first-order valence-electron chi connectivity index (χ1n) is 8.25.